The van der Waals surface area contributed by atoms with E-state index in [9.17, 15) is 9.90 Å². The standard InChI is InChI=1S/C12H13BrO5/c1-2-17-12(15)11(14)10-7-5-16-6-18-9(7)4-3-8(10)13/h3-4,11,14H,2,5-6H2,1H3. The fourth-order valence-corrected chi connectivity index (χ4v) is 2.37. The molecular weight excluding hydrogens is 304 g/mol. The summed E-state index contributed by atoms with van der Waals surface area (Å²) in [5, 5.41) is 10.0. The molecule has 1 aromatic carbocycles. The molecule has 0 fully saturated rings. The molecule has 1 unspecified atom stereocenters. The number of fused-ring (bicyclic) bond motifs is 1. The SMILES string of the molecule is CCOC(=O)C(O)c1c(Br)ccc2c1COCO2. The van der Waals surface area contributed by atoms with Crippen LogP contribution in [-0.2, 0) is 20.9 Å². The maximum atomic E-state index is 11.6. The average Bonchev–Trinajstić information content (AvgIpc) is 2.38. The van der Waals surface area contributed by atoms with Gasteiger partial charge in [0.25, 0.3) is 0 Å². The summed E-state index contributed by atoms with van der Waals surface area (Å²) in [7, 11) is 0. The molecule has 1 aromatic rings. The molecule has 0 aliphatic carbocycles. The van der Waals surface area contributed by atoms with Crippen molar-refractivity contribution in [2.75, 3.05) is 13.4 Å². The number of aliphatic hydroxyl groups is 1. The molecule has 0 saturated carbocycles. The molecule has 0 spiro atoms. The molecule has 98 valence electrons. The number of aliphatic hydroxyl groups excluding tert-OH is 1. The van der Waals surface area contributed by atoms with E-state index in [1.54, 1.807) is 19.1 Å². The molecule has 5 nitrogen and oxygen atoms in total. The van der Waals surface area contributed by atoms with E-state index in [1.165, 1.54) is 0 Å². The maximum absolute atomic E-state index is 11.6. The van der Waals surface area contributed by atoms with Crippen LogP contribution >= 0.6 is 15.9 Å². The van der Waals surface area contributed by atoms with Crippen LogP contribution in [0.5, 0.6) is 5.75 Å². The van der Waals surface area contributed by atoms with E-state index in [1.807, 2.05) is 0 Å². The Morgan fingerprint density at radius 2 is 2.39 bits per heavy atom. The van der Waals surface area contributed by atoms with Gasteiger partial charge in [0, 0.05) is 15.6 Å². The van der Waals surface area contributed by atoms with Crippen LogP contribution in [0.3, 0.4) is 0 Å². The van der Waals surface area contributed by atoms with Gasteiger partial charge in [0.1, 0.15) is 5.75 Å². The summed E-state index contributed by atoms with van der Waals surface area (Å²) in [5.74, 6) is -0.0695. The van der Waals surface area contributed by atoms with Crippen molar-refractivity contribution in [3.05, 3.63) is 27.7 Å². The first kappa shape index (κ1) is 13.3. The van der Waals surface area contributed by atoms with Crippen molar-refractivity contribution in [3.8, 4) is 5.75 Å². The molecular formula is C12H13BrO5. The largest absolute Gasteiger partial charge is 0.467 e. The Balaban J connectivity index is 2.39. The van der Waals surface area contributed by atoms with Gasteiger partial charge in [0.15, 0.2) is 12.9 Å². The zero-order chi connectivity index (χ0) is 13.1. The number of benzene rings is 1. The smallest absolute Gasteiger partial charge is 0.339 e. The lowest BCUT2D eigenvalue weighted by molar-refractivity contribution is -0.153. The predicted molar refractivity (Wildman–Crippen MR) is 66.0 cm³/mol. The minimum absolute atomic E-state index is 0.170. The van der Waals surface area contributed by atoms with Crippen LogP contribution in [0, 0.1) is 0 Å². The molecule has 6 heteroatoms. The third kappa shape index (κ3) is 2.50. The Bertz CT molecular complexity index is 460. The minimum atomic E-state index is -1.35. The molecule has 1 heterocycles. The maximum Gasteiger partial charge on any atom is 0.339 e. The second-order valence-electron chi connectivity index (χ2n) is 3.70. The Morgan fingerprint density at radius 1 is 1.61 bits per heavy atom. The first-order chi connectivity index (χ1) is 8.65. The van der Waals surface area contributed by atoms with Crippen molar-refractivity contribution in [1.29, 1.82) is 0 Å². The zero-order valence-electron chi connectivity index (χ0n) is 9.81. The summed E-state index contributed by atoms with van der Waals surface area (Å²) in [6.45, 7) is 2.37. The first-order valence-corrected chi connectivity index (χ1v) is 6.31. The predicted octanol–water partition coefficient (Wildman–Crippen LogP) is 1.91. The van der Waals surface area contributed by atoms with Gasteiger partial charge in [-0.05, 0) is 19.1 Å². The summed E-state index contributed by atoms with van der Waals surface area (Å²) in [6.07, 6.45) is -1.35. The number of carbonyl (C=O) groups is 1. The number of carbonyl (C=O) groups excluding carboxylic acids is 1. The van der Waals surface area contributed by atoms with E-state index >= 15 is 0 Å². The van der Waals surface area contributed by atoms with Gasteiger partial charge in [-0.2, -0.15) is 0 Å². The van der Waals surface area contributed by atoms with Crippen molar-refractivity contribution in [1.82, 2.24) is 0 Å². The van der Waals surface area contributed by atoms with Gasteiger partial charge in [0.2, 0.25) is 0 Å². The monoisotopic (exact) mass is 316 g/mol. The van der Waals surface area contributed by atoms with Crippen LogP contribution in [-0.4, -0.2) is 24.5 Å². The lowest BCUT2D eigenvalue weighted by Gasteiger charge is -2.23. The molecule has 0 bridgehead atoms. The zero-order valence-corrected chi connectivity index (χ0v) is 11.4. The molecule has 0 saturated heterocycles. The molecule has 0 amide bonds. The topological polar surface area (TPSA) is 65.0 Å². The molecule has 1 atom stereocenters. The summed E-state index contributed by atoms with van der Waals surface area (Å²) >= 11 is 3.32. The number of ether oxygens (including phenoxy) is 3. The molecule has 2 rings (SSSR count). The normalized spacial score (nSPS) is 15.5. The lowest BCUT2D eigenvalue weighted by Crippen LogP contribution is -2.20. The van der Waals surface area contributed by atoms with Gasteiger partial charge in [-0.25, -0.2) is 4.79 Å². The van der Waals surface area contributed by atoms with Crippen molar-refractivity contribution >= 4 is 21.9 Å². The Hall–Kier alpha value is -1.11. The van der Waals surface area contributed by atoms with Crippen LogP contribution in [0.15, 0.2) is 16.6 Å². The van der Waals surface area contributed by atoms with E-state index in [2.05, 4.69) is 15.9 Å². The van der Waals surface area contributed by atoms with Gasteiger partial charge in [-0.15, -0.1) is 0 Å². The summed E-state index contributed by atoms with van der Waals surface area (Å²) in [5.41, 5.74) is 1.10. The Morgan fingerprint density at radius 3 is 3.11 bits per heavy atom. The quantitative estimate of drug-likeness (QED) is 0.863. The number of rotatable bonds is 3. The van der Waals surface area contributed by atoms with Crippen molar-refractivity contribution in [2.24, 2.45) is 0 Å². The highest BCUT2D eigenvalue weighted by Gasteiger charge is 2.27. The highest BCUT2D eigenvalue weighted by atomic mass is 79.9. The second kappa shape index (κ2) is 5.69. The van der Waals surface area contributed by atoms with E-state index < -0.39 is 12.1 Å². The van der Waals surface area contributed by atoms with Crippen molar-refractivity contribution < 1.29 is 24.1 Å². The number of hydrogen-bond acceptors (Lipinski definition) is 5. The first-order valence-electron chi connectivity index (χ1n) is 5.51. The van der Waals surface area contributed by atoms with Gasteiger partial charge >= 0.3 is 5.97 Å². The van der Waals surface area contributed by atoms with E-state index in [0.717, 1.165) is 0 Å². The van der Waals surface area contributed by atoms with E-state index in [-0.39, 0.29) is 13.4 Å². The molecule has 0 radical (unpaired) electrons. The average molecular weight is 317 g/mol. The van der Waals surface area contributed by atoms with Crippen LogP contribution in [0.4, 0.5) is 0 Å². The van der Waals surface area contributed by atoms with Gasteiger partial charge in [0.05, 0.1) is 13.2 Å². The summed E-state index contributed by atoms with van der Waals surface area (Å²) < 4.78 is 15.9. The number of esters is 1. The lowest BCUT2D eigenvalue weighted by atomic mass is 10.0. The Kier molecular flexibility index (Phi) is 4.21. The molecule has 1 N–H and O–H groups in total. The van der Waals surface area contributed by atoms with Gasteiger partial charge < -0.3 is 19.3 Å². The number of halogens is 1. The highest BCUT2D eigenvalue weighted by molar-refractivity contribution is 9.10. The van der Waals surface area contributed by atoms with Gasteiger partial charge in [-0.1, -0.05) is 15.9 Å². The molecule has 1 aliphatic heterocycles. The second-order valence-corrected chi connectivity index (χ2v) is 4.56. The molecule has 1 aliphatic rings. The third-order valence-corrected chi connectivity index (χ3v) is 3.28. The Labute approximate surface area is 113 Å². The minimum Gasteiger partial charge on any atom is -0.467 e. The molecule has 0 aromatic heterocycles. The van der Waals surface area contributed by atoms with Crippen LogP contribution in [0.2, 0.25) is 0 Å². The van der Waals surface area contributed by atoms with Gasteiger partial charge in [-0.3, -0.25) is 0 Å². The van der Waals surface area contributed by atoms with E-state index in [0.29, 0.717) is 28.0 Å². The molecule has 18 heavy (non-hydrogen) atoms. The van der Waals surface area contributed by atoms with Crippen LogP contribution in [0.25, 0.3) is 0 Å². The van der Waals surface area contributed by atoms with Crippen LogP contribution in [0.1, 0.15) is 24.2 Å². The fourth-order valence-electron chi connectivity index (χ4n) is 1.78. The fraction of sp³-hybridized carbons (Fsp3) is 0.417. The number of hydrogen-bond donors (Lipinski definition) is 1. The van der Waals surface area contributed by atoms with E-state index in [4.69, 9.17) is 14.2 Å². The van der Waals surface area contributed by atoms with Crippen molar-refractivity contribution in [3.63, 3.8) is 0 Å². The highest BCUT2D eigenvalue weighted by Crippen LogP contribution is 2.36. The summed E-state index contributed by atoms with van der Waals surface area (Å²) in [6, 6.07) is 3.49. The summed E-state index contributed by atoms with van der Waals surface area (Å²) in [4.78, 5) is 11.6. The van der Waals surface area contributed by atoms with Crippen molar-refractivity contribution in [2.45, 2.75) is 19.6 Å². The third-order valence-electron chi connectivity index (χ3n) is 2.59. The van der Waals surface area contributed by atoms with Crippen LogP contribution < -0.4 is 4.74 Å².